The van der Waals surface area contributed by atoms with Crippen LogP contribution in [0.2, 0.25) is 0 Å². The molecule has 1 aromatic carbocycles. The highest BCUT2D eigenvalue weighted by molar-refractivity contribution is 5.83. The molecule has 2 N–H and O–H groups in total. The van der Waals surface area contributed by atoms with Crippen molar-refractivity contribution in [3.63, 3.8) is 0 Å². The molecule has 4 heterocycles. The van der Waals surface area contributed by atoms with Gasteiger partial charge in [-0.1, -0.05) is 0 Å². The summed E-state index contributed by atoms with van der Waals surface area (Å²) in [5.41, 5.74) is 0.371. The summed E-state index contributed by atoms with van der Waals surface area (Å²) in [4.78, 5) is 14.0. The van der Waals surface area contributed by atoms with Crippen LogP contribution < -0.4 is 10.2 Å². The Morgan fingerprint density at radius 3 is 2.67 bits per heavy atom. The summed E-state index contributed by atoms with van der Waals surface area (Å²) in [6, 6.07) is 2.48. The SMILES string of the molecule is CN(c1cnc(-c2cc3ncc(CC(F)(F)F)nc3cc2O)nn1)[C@H]1CC2CC[C@@H](N2)[C@H]1F. The van der Waals surface area contributed by atoms with E-state index in [0.29, 0.717) is 18.3 Å². The average Bonchev–Trinajstić information content (AvgIpc) is 3.18. The van der Waals surface area contributed by atoms with Gasteiger partial charge in [-0.05, 0) is 25.3 Å². The first-order valence-corrected chi connectivity index (χ1v) is 10.6. The number of rotatable bonds is 4. The normalized spacial score (nSPS) is 24.9. The third kappa shape index (κ3) is 4.26. The second-order valence-electron chi connectivity index (χ2n) is 8.56. The molecule has 33 heavy (non-hydrogen) atoms. The van der Waals surface area contributed by atoms with E-state index in [4.69, 9.17) is 0 Å². The standard InChI is InChI=1S/C21H21F4N7O/c1-32(16-4-10-2-3-13(28-10)19(16)22)18-9-27-20(31-30-18)12-5-14-15(6-17(12)33)29-11(8-26-14)7-21(23,24)25/h5-6,8-10,13,16,19,28,33H,2-4,7H2,1H3/t10?,13-,16+,19-/m1/s1. The summed E-state index contributed by atoms with van der Waals surface area (Å²) >= 11 is 0. The van der Waals surface area contributed by atoms with Crippen LogP contribution in [0, 0.1) is 0 Å². The molecule has 174 valence electrons. The number of halogens is 4. The maximum absolute atomic E-state index is 14.9. The molecule has 4 atom stereocenters. The summed E-state index contributed by atoms with van der Waals surface area (Å²) in [5, 5.41) is 21.9. The molecule has 0 amide bonds. The van der Waals surface area contributed by atoms with Crippen LogP contribution in [-0.4, -0.2) is 67.8 Å². The summed E-state index contributed by atoms with van der Waals surface area (Å²) in [5.74, 6) is 0.252. The number of phenols is 1. The van der Waals surface area contributed by atoms with Crippen molar-refractivity contribution in [3.8, 4) is 17.1 Å². The smallest absolute Gasteiger partial charge is 0.394 e. The van der Waals surface area contributed by atoms with Crippen LogP contribution in [0.25, 0.3) is 22.4 Å². The predicted molar refractivity (Wildman–Crippen MR) is 111 cm³/mol. The van der Waals surface area contributed by atoms with Gasteiger partial charge < -0.3 is 15.3 Å². The van der Waals surface area contributed by atoms with Gasteiger partial charge in [0.1, 0.15) is 11.9 Å². The van der Waals surface area contributed by atoms with Crippen molar-refractivity contribution in [2.75, 3.05) is 11.9 Å². The molecule has 5 rings (SSSR count). The summed E-state index contributed by atoms with van der Waals surface area (Å²) in [6.45, 7) is 0. The molecule has 2 saturated heterocycles. The topological polar surface area (TPSA) is 100.0 Å². The number of anilines is 1. The first-order valence-electron chi connectivity index (χ1n) is 10.6. The zero-order valence-electron chi connectivity index (χ0n) is 17.6. The first kappa shape index (κ1) is 21.7. The average molecular weight is 463 g/mol. The van der Waals surface area contributed by atoms with Crippen molar-refractivity contribution >= 4 is 16.9 Å². The molecule has 2 aromatic heterocycles. The van der Waals surface area contributed by atoms with Gasteiger partial charge in [0.25, 0.3) is 0 Å². The lowest BCUT2D eigenvalue weighted by molar-refractivity contribution is -0.127. The van der Waals surface area contributed by atoms with Crippen LogP contribution in [0.3, 0.4) is 0 Å². The fraction of sp³-hybridized carbons (Fsp3) is 0.476. The van der Waals surface area contributed by atoms with E-state index in [1.165, 1.54) is 18.3 Å². The lowest BCUT2D eigenvalue weighted by Crippen LogP contribution is -2.55. The maximum Gasteiger partial charge on any atom is 0.394 e. The molecule has 0 radical (unpaired) electrons. The summed E-state index contributed by atoms with van der Waals surface area (Å²) in [6.07, 6.45) is -1.69. The fourth-order valence-corrected chi connectivity index (χ4v) is 4.63. The first-order chi connectivity index (χ1) is 15.7. The van der Waals surface area contributed by atoms with E-state index in [2.05, 4.69) is 30.5 Å². The summed E-state index contributed by atoms with van der Waals surface area (Å²) < 4.78 is 52.7. The second-order valence-corrected chi connectivity index (χ2v) is 8.56. The van der Waals surface area contributed by atoms with Crippen LogP contribution >= 0.6 is 0 Å². The van der Waals surface area contributed by atoms with Gasteiger partial charge in [-0.25, -0.2) is 14.4 Å². The van der Waals surface area contributed by atoms with Crippen molar-refractivity contribution < 1.29 is 22.7 Å². The number of benzene rings is 1. The highest BCUT2D eigenvalue weighted by Crippen LogP contribution is 2.34. The molecular weight excluding hydrogens is 442 g/mol. The molecule has 1 unspecified atom stereocenters. The minimum absolute atomic E-state index is 0.106. The highest BCUT2D eigenvalue weighted by Gasteiger charge is 2.44. The Kier molecular flexibility index (Phi) is 5.26. The van der Waals surface area contributed by atoms with Crippen LogP contribution in [0.4, 0.5) is 23.4 Å². The van der Waals surface area contributed by atoms with E-state index in [-0.39, 0.29) is 45.9 Å². The Bertz CT molecular complexity index is 1170. The third-order valence-electron chi connectivity index (χ3n) is 6.29. The molecule has 2 aliphatic rings. The Morgan fingerprint density at radius 2 is 1.94 bits per heavy atom. The van der Waals surface area contributed by atoms with Gasteiger partial charge >= 0.3 is 6.18 Å². The zero-order chi connectivity index (χ0) is 23.3. The summed E-state index contributed by atoms with van der Waals surface area (Å²) in [7, 11) is 1.76. The van der Waals surface area contributed by atoms with Gasteiger partial charge in [-0.15, -0.1) is 10.2 Å². The molecule has 2 bridgehead atoms. The maximum atomic E-state index is 14.9. The molecular formula is C21H21F4N7O. The van der Waals surface area contributed by atoms with Crippen molar-refractivity contribution in [1.82, 2.24) is 30.5 Å². The van der Waals surface area contributed by atoms with Gasteiger partial charge in [0.2, 0.25) is 0 Å². The number of hydrogen-bond donors (Lipinski definition) is 2. The number of piperidine rings is 1. The monoisotopic (exact) mass is 463 g/mol. The third-order valence-corrected chi connectivity index (χ3v) is 6.29. The largest absolute Gasteiger partial charge is 0.507 e. The van der Waals surface area contributed by atoms with Gasteiger partial charge in [0, 0.05) is 31.4 Å². The number of fused-ring (bicyclic) bond motifs is 3. The van der Waals surface area contributed by atoms with Gasteiger partial charge in [0.05, 0.1) is 41.0 Å². The lowest BCUT2D eigenvalue weighted by Gasteiger charge is -2.38. The van der Waals surface area contributed by atoms with Gasteiger partial charge in [-0.2, -0.15) is 13.2 Å². The number of nitrogens with one attached hydrogen (secondary N) is 1. The van der Waals surface area contributed by atoms with E-state index >= 15 is 0 Å². The molecule has 2 fully saturated rings. The molecule has 12 heteroatoms. The van der Waals surface area contributed by atoms with E-state index in [9.17, 15) is 22.7 Å². The van der Waals surface area contributed by atoms with E-state index in [0.717, 1.165) is 19.0 Å². The van der Waals surface area contributed by atoms with Crippen LogP contribution in [0.15, 0.2) is 24.5 Å². The number of hydrogen-bond acceptors (Lipinski definition) is 8. The Balaban J connectivity index is 1.38. The quantitative estimate of drug-likeness (QED) is 0.570. The van der Waals surface area contributed by atoms with Crippen LogP contribution in [0.5, 0.6) is 5.75 Å². The van der Waals surface area contributed by atoms with Crippen LogP contribution in [-0.2, 0) is 6.42 Å². The number of nitrogens with zero attached hydrogens (tertiary/aromatic N) is 6. The minimum Gasteiger partial charge on any atom is -0.507 e. The second kappa shape index (κ2) is 8.01. The number of phenolic OH excluding ortho intramolecular Hbond substituents is 1. The van der Waals surface area contributed by atoms with Crippen molar-refractivity contribution in [1.29, 1.82) is 0 Å². The van der Waals surface area contributed by atoms with Crippen molar-refractivity contribution in [2.24, 2.45) is 0 Å². The lowest BCUT2D eigenvalue weighted by atomic mass is 9.96. The van der Waals surface area contributed by atoms with E-state index in [1.54, 1.807) is 11.9 Å². The fourth-order valence-electron chi connectivity index (χ4n) is 4.63. The molecule has 0 spiro atoms. The molecule has 8 nitrogen and oxygen atoms in total. The van der Waals surface area contributed by atoms with Crippen molar-refractivity contribution in [3.05, 3.63) is 30.2 Å². The van der Waals surface area contributed by atoms with Crippen LogP contribution in [0.1, 0.15) is 25.0 Å². The zero-order valence-corrected chi connectivity index (χ0v) is 17.6. The van der Waals surface area contributed by atoms with Gasteiger partial charge in [0.15, 0.2) is 11.6 Å². The van der Waals surface area contributed by atoms with E-state index < -0.39 is 18.8 Å². The van der Waals surface area contributed by atoms with E-state index in [1.807, 2.05) is 0 Å². The number of alkyl halides is 4. The minimum atomic E-state index is -4.41. The Hall–Kier alpha value is -3.15. The Labute approximate surface area is 186 Å². The molecule has 3 aromatic rings. The molecule has 2 aliphatic heterocycles. The highest BCUT2D eigenvalue weighted by atomic mass is 19.4. The molecule has 0 saturated carbocycles. The van der Waals surface area contributed by atoms with Gasteiger partial charge in [-0.3, -0.25) is 4.98 Å². The predicted octanol–water partition coefficient (Wildman–Crippen LogP) is 2.96. The van der Waals surface area contributed by atoms with Crippen molar-refractivity contribution in [2.45, 2.75) is 56.2 Å². The number of aromatic nitrogens is 5. The number of aromatic hydroxyl groups is 1. The Morgan fingerprint density at radius 1 is 1.12 bits per heavy atom. The molecule has 0 aliphatic carbocycles.